The second kappa shape index (κ2) is 9.25. The summed E-state index contributed by atoms with van der Waals surface area (Å²) in [6, 6.07) is 5.14. The Kier molecular flexibility index (Phi) is 5.64. The van der Waals surface area contributed by atoms with Crippen molar-refractivity contribution in [1.82, 2.24) is 44.7 Å². The first-order chi connectivity index (χ1) is 17.7. The molecule has 0 unspecified atom stereocenters. The molecule has 11 heteroatoms. The molecule has 0 bridgehead atoms. The van der Waals surface area contributed by atoms with Gasteiger partial charge in [0.2, 0.25) is 5.95 Å². The van der Waals surface area contributed by atoms with Crippen molar-refractivity contribution in [2.24, 2.45) is 0 Å². The lowest BCUT2D eigenvalue weighted by Gasteiger charge is -2.26. The number of fused-ring (bicyclic) bond motifs is 1. The van der Waals surface area contributed by atoms with Crippen LogP contribution >= 0.6 is 0 Å². The van der Waals surface area contributed by atoms with Crippen LogP contribution in [0, 0.1) is 5.82 Å². The summed E-state index contributed by atoms with van der Waals surface area (Å²) in [7, 11) is 0. The van der Waals surface area contributed by atoms with E-state index >= 15 is 0 Å². The molecule has 0 spiro atoms. The number of anilines is 1. The third kappa shape index (κ3) is 4.19. The number of tetrazole rings is 1. The average Bonchev–Trinajstić information content (AvgIpc) is 3.60. The summed E-state index contributed by atoms with van der Waals surface area (Å²) in [4.78, 5) is 20.4. The summed E-state index contributed by atoms with van der Waals surface area (Å²) in [5.41, 5.74) is 4.96. The number of aryl methyl sites for hydroxylation is 1. The van der Waals surface area contributed by atoms with Crippen LogP contribution in [0.2, 0.25) is 0 Å². The van der Waals surface area contributed by atoms with E-state index in [1.54, 1.807) is 12.4 Å². The second-order valence-electron chi connectivity index (χ2n) is 8.63. The van der Waals surface area contributed by atoms with Crippen LogP contribution in [0.15, 0.2) is 61.6 Å². The molecule has 0 saturated carbocycles. The lowest BCUT2D eigenvalue weighted by Crippen LogP contribution is -2.30. The highest BCUT2D eigenvalue weighted by Crippen LogP contribution is 2.25. The van der Waals surface area contributed by atoms with Crippen LogP contribution in [0.5, 0.6) is 0 Å². The van der Waals surface area contributed by atoms with Gasteiger partial charge in [-0.05, 0) is 46.5 Å². The van der Waals surface area contributed by atoms with E-state index in [-0.39, 0.29) is 5.82 Å². The van der Waals surface area contributed by atoms with Crippen molar-refractivity contribution in [2.45, 2.75) is 26.3 Å². The third-order valence-electron chi connectivity index (χ3n) is 6.37. The van der Waals surface area contributed by atoms with E-state index in [1.807, 2.05) is 35.3 Å². The number of hydrogen-bond donors (Lipinski definition) is 0. The van der Waals surface area contributed by atoms with Gasteiger partial charge < -0.3 is 9.47 Å². The SMILES string of the molecule is CCc1cnc(N2CC=C(c3cnc(Cn4ccc5cc(-n6cnnn6)cc(F)c54)cn3)CC2)nc1. The molecule has 4 aromatic heterocycles. The number of aromatic nitrogens is 9. The fourth-order valence-corrected chi connectivity index (χ4v) is 4.38. The molecule has 0 saturated heterocycles. The van der Waals surface area contributed by atoms with Gasteiger partial charge >= 0.3 is 0 Å². The van der Waals surface area contributed by atoms with Crippen LogP contribution in [0.1, 0.15) is 30.3 Å². The quantitative estimate of drug-likeness (QED) is 0.363. The van der Waals surface area contributed by atoms with Crippen LogP contribution in [0.3, 0.4) is 0 Å². The highest BCUT2D eigenvalue weighted by atomic mass is 19.1. The zero-order valence-electron chi connectivity index (χ0n) is 19.7. The molecule has 10 nitrogen and oxygen atoms in total. The molecular weight excluding hydrogens is 459 g/mol. The van der Waals surface area contributed by atoms with Gasteiger partial charge in [0.05, 0.1) is 41.5 Å². The van der Waals surface area contributed by atoms with Gasteiger partial charge in [0.15, 0.2) is 0 Å². The second-order valence-corrected chi connectivity index (χ2v) is 8.63. The van der Waals surface area contributed by atoms with Crippen molar-refractivity contribution in [3.05, 3.63) is 84.4 Å². The predicted molar refractivity (Wildman–Crippen MR) is 132 cm³/mol. The van der Waals surface area contributed by atoms with E-state index in [0.29, 0.717) is 17.7 Å². The molecule has 0 N–H and O–H groups in total. The van der Waals surface area contributed by atoms with E-state index in [1.165, 1.54) is 17.1 Å². The maximum absolute atomic E-state index is 15.0. The number of benzene rings is 1. The topological polar surface area (TPSA) is 103 Å². The highest BCUT2D eigenvalue weighted by Gasteiger charge is 2.17. The standard InChI is InChI=1S/C25H23FN10/c1-2-17-11-29-25(30-12-17)34-6-3-18(4-7-34)23-14-27-20(13-28-23)15-35-8-5-19-9-21(10-22(26)24(19)35)36-16-31-32-33-36/h3,5,8-14,16H,2,4,6-7,15H2,1H3. The van der Waals surface area contributed by atoms with Crippen molar-refractivity contribution in [3.63, 3.8) is 0 Å². The van der Waals surface area contributed by atoms with Crippen LogP contribution in [-0.2, 0) is 13.0 Å². The van der Waals surface area contributed by atoms with Gasteiger partial charge in [-0.2, -0.15) is 0 Å². The molecule has 0 radical (unpaired) electrons. The van der Waals surface area contributed by atoms with Crippen LogP contribution in [0.4, 0.5) is 10.3 Å². The summed E-state index contributed by atoms with van der Waals surface area (Å²) >= 11 is 0. The lowest BCUT2D eigenvalue weighted by atomic mass is 10.1. The first-order valence-electron chi connectivity index (χ1n) is 11.8. The summed E-state index contributed by atoms with van der Waals surface area (Å²) in [6.07, 6.45) is 14.5. The fourth-order valence-electron chi connectivity index (χ4n) is 4.38. The molecule has 36 heavy (non-hydrogen) atoms. The summed E-state index contributed by atoms with van der Waals surface area (Å²) in [5, 5.41) is 11.8. The highest BCUT2D eigenvalue weighted by molar-refractivity contribution is 5.83. The molecule has 0 fully saturated rings. The first kappa shape index (κ1) is 22.0. The van der Waals surface area contributed by atoms with Gasteiger partial charge in [-0.1, -0.05) is 13.0 Å². The maximum Gasteiger partial charge on any atom is 0.225 e. The van der Waals surface area contributed by atoms with Crippen LogP contribution < -0.4 is 4.90 Å². The number of hydrogen-bond acceptors (Lipinski definition) is 8. The van der Waals surface area contributed by atoms with Crippen molar-refractivity contribution in [1.29, 1.82) is 0 Å². The minimum atomic E-state index is -0.349. The Morgan fingerprint density at radius 1 is 1.03 bits per heavy atom. The Bertz CT molecular complexity index is 1520. The zero-order valence-corrected chi connectivity index (χ0v) is 19.7. The van der Waals surface area contributed by atoms with E-state index in [4.69, 9.17) is 0 Å². The fraction of sp³-hybridized carbons (Fsp3) is 0.240. The Labute approximate surface area is 206 Å². The van der Waals surface area contributed by atoms with E-state index in [2.05, 4.69) is 53.4 Å². The largest absolute Gasteiger partial charge is 0.339 e. The maximum atomic E-state index is 15.0. The van der Waals surface area contributed by atoms with Crippen LogP contribution in [-0.4, -0.2) is 57.8 Å². The van der Waals surface area contributed by atoms with Crippen molar-refractivity contribution < 1.29 is 4.39 Å². The monoisotopic (exact) mass is 482 g/mol. The summed E-state index contributed by atoms with van der Waals surface area (Å²) < 4.78 is 18.2. The molecule has 6 rings (SSSR count). The van der Waals surface area contributed by atoms with E-state index in [9.17, 15) is 4.39 Å². The molecule has 1 aliphatic heterocycles. The van der Waals surface area contributed by atoms with Gasteiger partial charge in [-0.25, -0.2) is 19.0 Å². The normalized spacial score (nSPS) is 13.8. The molecule has 5 heterocycles. The molecule has 1 aromatic carbocycles. The molecule has 1 aliphatic rings. The minimum absolute atomic E-state index is 0.349. The first-order valence-corrected chi connectivity index (χ1v) is 11.8. The molecule has 0 amide bonds. The minimum Gasteiger partial charge on any atom is -0.339 e. The number of halogens is 1. The Morgan fingerprint density at radius 2 is 1.92 bits per heavy atom. The summed E-state index contributed by atoms with van der Waals surface area (Å²) in [5.74, 6) is 0.401. The molecule has 180 valence electrons. The van der Waals surface area contributed by atoms with Gasteiger partial charge in [-0.15, -0.1) is 5.10 Å². The average molecular weight is 483 g/mol. The van der Waals surface area contributed by atoms with Gasteiger partial charge in [0, 0.05) is 43.1 Å². The van der Waals surface area contributed by atoms with Gasteiger partial charge in [0.25, 0.3) is 0 Å². The Balaban J connectivity index is 1.16. The Hall–Kier alpha value is -4.54. The molecular formula is C25H23FN10. The molecule has 0 aliphatic carbocycles. The predicted octanol–water partition coefficient (Wildman–Crippen LogP) is 3.24. The van der Waals surface area contributed by atoms with E-state index < -0.39 is 0 Å². The zero-order chi connectivity index (χ0) is 24.5. The number of nitrogens with zero attached hydrogens (tertiary/aromatic N) is 10. The third-order valence-corrected chi connectivity index (χ3v) is 6.37. The smallest absolute Gasteiger partial charge is 0.225 e. The molecule has 5 aromatic rings. The van der Waals surface area contributed by atoms with E-state index in [0.717, 1.165) is 59.8 Å². The van der Waals surface area contributed by atoms with Crippen molar-refractivity contribution in [3.8, 4) is 5.69 Å². The number of rotatable bonds is 6. The van der Waals surface area contributed by atoms with Crippen molar-refractivity contribution >= 4 is 22.4 Å². The van der Waals surface area contributed by atoms with Gasteiger partial charge in [-0.3, -0.25) is 9.97 Å². The summed E-state index contributed by atoms with van der Waals surface area (Å²) in [6.45, 7) is 4.05. The van der Waals surface area contributed by atoms with Crippen LogP contribution in [0.25, 0.3) is 22.2 Å². The molecule has 0 atom stereocenters. The van der Waals surface area contributed by atoms with Gasteiger partial charge in [0.1, 0.15) is 12.1 Å². The van der Waals surface area contributed by atoms with Crippen molar-refractivity contribution in [2.75, 3.05) is 18.0 Å². The Morgan fingerprint density at radius 3 is 2.61 bits per heavy atom. The lowest BCUT2D eigenvalue weighted by molar-refractivity contribution is 0.624.